The van der Waals surface area contributed by atoms with Gasteiger partial charge in [-0.2, -0.15) is 0 Å². The first-order valence-corrected chi connectivity index (χ1v) is 11.1. The SMILES string of the molecule is Cc1ccc(NC(=O)c2cccc(S(=O)(=O)N3CCCc4ccccc43)c2)c(F)c1. The van der Waals surface area contributed by atoms with Gasteiger partial charge >= 0.3 is 0 Å². The summed E-state index contributed by atoms with van der Waals surface area (Å²) in [5, 5.41) is 2.51. The van der Waals surface area contributed by atoms with Crippen molar-refractivity contribution in [3.63, 3.8) is 0 Å². The van der Waals surface area contributed by atoms with Crippen molar-refractivity contribution in [3.05, 3.63) is 89.2 Å². The predicted molar refractivity (Wildman–Crippen MR) is 115 cm³/mol. The van der Waals surface area contributed by atoms with E-state index < -0.39 is 21.7 Å². The Morgan fingerprint density at radius 2 is 1.83 bits per heavy atom. The van der Waals surface area contributed by atoms with Gasteiger partial charge in [0.25, 0.3) is 15.9 Å². The van der Waals surface area contributed by atoms with Crippen LogP contribution in [0.2, 0.25) is 0 Å². The summed E-state index contributed by atoms with van der Waals surface area (Å²) >= 11 is 0. The minimum absolute atomic E-state index is 0.0243. The number of carbonyl (C=O) groups is 1. The zero-order chi connectivity index (χ0) is 21.3. The van der Waals surface area contributed by atoms with Gasteiger partial charge in [-0.05, 0) is 67.3 Å². The Balaban J connectivity index is 1.64. The van der Waals surface area contributed by atoms with Gasteiger partial charge in [0.05, 0.1) is 16.3 Å². The van der Waals surface area contributed by atoms with Gasteiger partial charge in [0.2, 0.25) is 0 Å². The molecule has 0 saturated heterocycles. The second-order valence-corrected chi connectivity index (χ2v) is 9.14. The molecule has 7 heteroatoms. The zero-order valence-electron chi connectivity index (χ0n) is 16.4. The number of fused-ring (bicyclic) bond motifs is 1. The van der Waals surface area contributed by atoms with Crippen LogP contribution >= 0.6 is 0 Å². The Kier molecular flexibility index (Phi) is 5.30. The molecule has 0 aromatic heterocycles. The maximum atomic E-state index is 14.1. The lowest BCUT2D eigenvalue weighted by Gasteiger charge is -2.30. The molecule has 5 nitrogen and oxygen atoms in total. The minimum Gasteiger partial charge on any atom is -0.319 e. The molecule has 0 aliphatic carbocycles. The van der Waals surface area contributed by atoms with Crippen LogP contribution in [0.3, 0.4) is 0 Å². The van der Waals surface area contributed by atoms with Crippen LogP contribution in [-0.4, -0.2) is 20.9 Å². The van der Waals surface area contributed by atoms with E-state index in [1.165, 1.54) is 40.7 Å². The van der Waals surface area contributed by atoms with Crippen molar-refractivity contribution in [1.82, 2.24) is 0 Å². The van der Waals surface area contributed by atoms with E-state index in [0.29, 0.717) is 12.2 Å². The standard InChI is InChI=1S/C23H21FN2O3S/c1-16-11-12-21(20(24)14-16)25-23(27)18-7-4-9-19(15-18)30(28,29)26-13-5-8-17-6-2-3-10-22(17)26/h2-4,6-7,9-12,14-15H,5,8,13H2,1H3,(H,25,27). The quantitative estimate of drug-likeness (QED) is 0.669. The largest absolute Gasteiger partial charge is 0.319 e. The van der Waals surface area contributed by atoms with Crippen LogP contribution in [0, 0.1) is 12.7 Å². The molecule has 30 heavy (non-hydrogen) atoms. The highest BCUT2D eigenvalue weighted by molar-refractivity contribution is 7.92. The topological polar surface area (TPSA) is 66.5 Å². The molecule has 3 aromatic rings. The van der Waals surface area contributed by atoms with Crippen LogP contribution in [-0.2, 0) is 16.4 Å². The summed E-state index contributed by atoms with van der Waals surface area (Å²) in [6.07, 6.45) is 1.55. The van der Waals surface area contributed by atoms with Gasteiger partial charge < -0.3 is 5.32 Å². The van der Waals surface area contributed by atoms with Crippen molar-refractivity contribution in [2.24, 2.45) is 0 Å². The number of halogens is 1. The molecule has 1 aliphatic rings. The van der Waals surface area contributed by atoms with E-state index >= 15 is 0 Å². The molecular weight excluding hydrogens is 403 g/mol. The fraction of sp³-hybridized carbons (Fsp3) is 0.174. The Hall–Kier alpha value is -3.19. The van der Waals surface area contributed by atoms with Gasteiger partial charge in [-0.25, -0.2) is 12.8 Å². The summed E-state index contributed by atoms with van der Waals surface area (Å²) in [7, 11) is -3.84. The normalized spacial score (nSPS) is 13.6. The number of carbonyl (C=O) groups excluding carboxylic acids is 1. The summed E-state index contributed by atoms with van der Waals surface area (Å²) in [6, 6.07) is 17.7. The molecule has 1 aliphatic heterocycles. The second-order valence-electron chi connectivity index (χ2n) is 7.27. The molecule has 0 spiro atoms. The van der Waals surface area contributed by atoms with E-state index in [9.17, 15) is 17.6 Å². The van der Waals surface area contributed by atoms with Gasteiger partial charge in [0.15, 0.2) is 0 Å². The Morgan fingerprint density at radius 3 is 2.63 bits per heavy atom. The fourth-order valence-corrected chi connectivity index (χ4v) is 5.18. The van der Waals surface area contributed by atoms with Crippen molar-refractivity contribution < 1.29 is 17.6 Å². The van der Waals surface area contributed by atoms with E-state index in [1.807, 2.05) is 18.2 Å². The molecule has 154 valence electrons. The number of para-hydroxylation sites is 1. The summed E-state index contributed by atoms with van der Waals surface area (Å²) < 4.78 is 42.1. The zero-order valence-corrected chi connectivity index (χ0v) is 17.2. The monoisotopic (exact) mass is 424 g/mol. The van der Waals surface area contributed by atoms with Crippen molar-refractivity contribution in [2.75, 3.05) is 16.2 Å². The molecule has 1 N–H and O–H groups in total. The van der Waals surface area contributed by atoms with Crippen LogP contribution in [0.5, 0.6) is 0 Å². The molecule has 3 aromatic carbocycles. The predicted octanol–water partition coefficient (Wildman–Crippen LogP) is 4.53. The first-order valence-electron chi connectivity index (χ1n) is 9.64. The number of amides is 1. The second kappa shape index (κ2) is 7.91. The Morgan fingerprint density at radius 1 is 1.03 bits per heavy atom. The molecule has 0 bridgehead atoms. The molecule has 0 saturated carbocycles. The van der Waals surface area contributed by atoms with Crippen LogP contribution in [0.1, 0.15) is 27.9 Å². The van der Waals surface area contributed by atoms with Gasteiger partial charge in [0.1, 0.15) is 5.82 Å². The number of hydrogen-bond acceptors (Lipinski definition) is 3. The minimum atomic E-state index is -3.84. The van der Waals surface area contributed by atoms with Gasteiger partial charge in [-0.15, -0.1) is 0 Å². The lowest BCUT2D eigenvalue weighted by Crippen LogP contribution is -2.35. The highest BCUT2D eigenvalue weighted by Gasteiger charge is 2.29. The number of rotatable bonds is 4. The number of aryl methyl sites for hydroxylation is 2. The van der Waals surface area contributed by atoms with Gasteiger partial charge in [0, 0.05) is 12.1 Å². The highest BCUT2D eigenvalue weighted by Crippen LogP contribution is 2.32. The summed E-state index contributed by atoms with van der Waals surface area (Å²) in [4.78, 5) is 12.6. The van der Waals surface area contributed by atoms with E-state index in [0.717, 1.165) is 24.0 Å². The van der Waals surface area contributed by atoms with E-state index in [1.54, 1.807) is 19.1 Å². The average molecular weight is 424 g/mol. The number of nitrogens with zero attached hydrogens (tertiary/aromatic N) is 1. The van der Waals surface area contributed by atoms with Gasteiger partial charge in [-0.3, -0.25) is 9.10 Å². The Labute approximate surface area is 175 Å². The number of sulfonamides is 1. The molecule has 0 atom stereocenters. The molecular formula is C23H21FN2O3S. The van der Waals surface area contributed by atoms with Gasteiger partial charge in [-0.1, -0.05) is 30.3 Å². The first kappa shape index (κ1) is 20.1. The van der Waals surface area contributed by atoms with E-state index in [4.69, 9.17) is 0 Å². The molecule has 1 amide bonds. The lowest BCUT2D eigenvalue weighted by atomic mass is 10.0. The third-order valence-electron chi connectivity index (χ3n) is 5.12. The maximum Gasteiger partial charge on any atom is 0.264 e. The van der Waals surface area contributed by atoms with E-state index in [2.05, 4.69) is 5.32 Å². The van der Waals surface area contributed by atoms with Crippen LogP contribution in [0.15, 0.2) is 71.6 Å². The third-order valence-corrected chi connectivity index (χ3v) is 6.93. The molecule has 0 fully saturated rings. The first-order chi connectivity index (χ1) is 14.4. The van der Waals surface area contributed by atoms with Crippen LogP contribution < -0.4 is 9.62 Å². The third kappa shape index (κ3) is 3.80. The molecule has 4 rings (SSSR count). The van der Waals surface area contributed by atoms with Crippen molar-refractivity contribution >= 4 is 27.3 Å². The Bertz CT molecular complexity index is 1220. The summed E-state index contributed by atoms with van der Waals surface area (Å²) in [6.45, 7) is 2.13. The number of benzene rings is 3. The van der Waals surface area contributed by atoms with Crippen molar-refractivity contribution in [2.45, 2.75) is 24.7 Å². The van der Waals surface area contributed by atoms with Crippen molar-refractivity contribution in [3.8, 4) is 0 Å². The number of nitrogens with one attached hydrogen (secondary N) is 1. The summed E-state index contributed by atoms with van der Waals surface area (Å²) in [5.41, 5.74) is 2.57. The molecule has 0 radical (unpaired) electrons. The van der Waals surface area contributed by atoms with Crippen molar-refractivity contribution in [1.29, 1.82) is 0 Å². The molecule has 1 heterocycles. The smallest absolute Gasteiger partial charge is 0.264 e. The van der Waals surface area contributed by atoms with E-state index in [-0.39, 0.29) is 16.1 Å². The molecule has 0 unspecified atom stereocenters. The number of hydrogen-bond donors (Lipinski definition) is 1. The summed E-state index contributed by atoms with van der Waals surface area (Å²) in [5.74, 6) is -1.12. The highest BCUT2D eigenvalue weighted by atomic mass is 32.2. The number of anilines is 2. The van der Waals surface area contributed by atoms with Crippen LogP contribution in [0.25, 0.3) is 0 Å². The lowest BCUT2D eigenvalue weighted by molar-refractivity contribution is 0.102. The average Bonchev–Trinajstić information content (AvgIpc) is 2.75. The fourth-order valence-electron chi connectivity index (χ4n) is 3.59. The maximum absolute atomic E-state index is 14.1. The van der Waals surface area contributed by atoms with Crippen LogP contribution in [0.4, 0.5) is 15.8 Å².